The highest BCUT2D eigenvalue weighted by molar-refractivity contribution is 7.90. The van der Waals surface area contributed by atoms with E-state index in [4.69, 9.17) is 4.52 Å². The van der Waals surface area contributed by atoms with Crippen molar-refractivity contribution in [2.24, 2.45) is 0 Å². The summed E-state index contributed by atoms with van der Waals surface area (Å²) in [5.41, 5.74) is 2.53. The molecule has 0 amide bonds. The maximum Gasteiger partial charge on any atom is 0.242 e. The van der Waals surface area contributed by atoms with Crippen LogP contribution in [0.15, 0.2) is 53.1 Å². The van der Waals surface area contributed by atoms with Gasteiger partial charge in [-0.1, -0.05) is 29.4 Å². The topological polar surface area (TPSA) is 73.1 Å². The zero-order valence-corrected chi connectivity index (χ0v) is 14.7. The summed E-state index contributed by atoms with van der Waals surface area (Å²) in [6.07, 6.45) is 2.33. The molecule has 0 N–H and O–H groups in total. The quantitative estimate of drug-likeness (QED) is 0.695. The SMILES string of the molecule is O=S(=O)(Cc1nc(-c2ccc(F)cc2)no1)C1CCCc2ccccc21. The molecule has 7 heteroatoms. The van der Waals surface area contributed by atoms with Crippen LogP contribution in [0.1, 0.15) is 35.1 Å². The van der Waals surface area contributed by atoms with Gasteiger partial charge in [-0.05, 0) is 54.7 Å². The van der Waals surface area contributed by atoms with E-state index in [9.17, 15) is 12.8 Å². The standard InChI is InChI=1S/C19H17FN2O3S/c20-15-10-8-14(9-11-15)19-21-18(25-22-19)12-26(23,24)17-7-3-5-13-4-1-2-6-16(13)17/h1-2,4,6,8-11,17H,3,5,7,12H2. The van der Waals surface area contributed by atoms with E-state index in [1.807, 2.05) is 24.3 Å². The second-order valence-corrected chi connectivity index (χ2v) is 8.59. The fraction of sp³-hybridized carbons (Fsp3) is 0.263. The van der Waals surface area contributed by atoms with Crippen molar-refractivity contribution < 1.29 is 17.3 Å². The number of aryl methyl sites for hydroxylation is 1. The number of hydrogen-bond donors (Lipinski definition) is 0. The maximum absolute atomic E-state index is 13.0. The molecule has 5 nitrogen and oxygen atoms in total. The second kappa shape index (κ2) is 6.64. The first-order valence-electron chi connectivity index (χ1n) is 8.41. The molecule has 1 unspecified atom stereocenters. The zero-order chi connectivity index (χ0) is 18.1. The minimum atomic E-state index is -3.48. The molecule has 0 saturated carbocycles. The summed E-state index contributed by atoms with van der Waals surface area (Å²) in [6.45, 7) is 0. The molecule has 0 aliphatic heterocycles. The predicted molar refractivity (Wildman–Crippen MR) is 94.4 cm³/mol. The molecule has 0 saturated heterocycles. The van der Waals surface area contributed by atoms with E-state index in [1.54, 1.807) is 0 Å². The lowest BCUT2D eigenvalue weighted by molar-refractivity contribution is 0.388. The molecule has 0 bridgehead atoms. The normalized spacial score (nSPS) is 17.0. The number of fused-ring (bicyclic) bond motifs is 1. The van der Waals surface area contributed by atoms with Crippen molar-refractivity contribution in [3.8, 4) is 11.4 Å². The van der Waals surface area contributed by atoms with Crippen LogP contribution in [0.25, 0.3) is 11.4 Å². The van der Waals surface area contributed by atoms with Crippen molar-refractivity contribution in [1.29, 1.82) is 0 Å². The molecule has 0 radical (unpaired) electrons. The summed E-state index contributed by atoms with van der Waals surface area (Å²) in [6, 6.07) is 13.3. The van der Waals surface area contributed by atoms with Gasteiger partial charge in [0.25, 0.3) is 0 Å². The lowest BCUT2D eigenvalue weighted by Gasteiger charge is -2.24. The average molecular weight is 372 g/mol. The number of sulfone groups is 1. The number of aromatic nitrogens is 2. The Kier molecular flexibility index (Phi) is 4.32. The van der Waals surface area contributed by atoms with Crippen molar-refractivity contribution in [3.63, 3.8) is 0 Å². The Bertz CT molecular complexity index is 1030. The largest absolute Gasteiger partial charge is 0.338 e. The van der Waals surface area contributed by atoms with E-state index in [2.05, 4.69) is 10.1 Å². The van der Waals surface area contributed by atoms with Crippen LogP contribution in [0, 0.1) is 5.82 Å². The summed E-state index contributed by atoms with van der Waals surface area (Å²) in [4.78, 5) is 4.17. The predicted octanol–water partition coefficient (Wildman–Crippen LogP) is 3.87. The summed E-state index contributed by atoms with van der Waals surface area (Å²) in [7, 11) is -3.48. The van der Waals surface area contributed by atoms with Crippen LogP contribution < -0.4 is 0 Å². The third kappa shape index (κ3) is 3.26. The summed E-state index contributed by atoms with van der Waals surface area (Å²) < 4.78 is 44.0. The van der Waals surface area contributed by atoms with Crippen LogP contribution in [-0.2, 0) is 22.0 Å². The third-order valence-corrected chi connectivity index (χ3v) is 6.65. The molecule has 1 aromatic heterocycles. The number of halogens is 1. The van der Waals surface area contributed by atoms with Gasteiger partial charge in [-0.3, -0.25) is 0 Å². The van der Waals surface area contributed by atoms with Gasteiger partial charge in [-0.2, -0.15) is 4.98 Å². The molecule has 0 spiro atoms. The molecule has 0 fully saturated rings. The highest BCUT2D eigenvalue weighted by Gasteiger charge is 2.33. The van der Waals surface area contributed by atoms with Crippen molar-refractivity contribution in [2.75, 3.05) is 0 Å². The van der Waals surface area contributed by atoms with E-state index < -0.39 is 15.1 Å². The lowest BCUT2D eigenvalue weighted by Crippen LogP contribution is -2.20. The van der Waals surface area contributed by atoms with Gasteiger partial charge in [0, 0.05) is 5.56 Å². The first kappa shape index (κ1) is 16.9. The number of hydrogen-bond acceptors (Lipinski definition) is 5. The van der Waals surface area contributed by atoms with Gasteiger partial charge < -0.3 is 4.52 Å². The van der Waals surface area contributed by atoms with Gasteiger partial charge in [-0.25, -0.2) is 12.8 Å². The Morgan fingerprint density at radius 1 is 1.12 bits per heavy atom. The fourth-order valence-corrected chi connectivity index (χ4v) is 5.19. The number of benzene rings is 2. The van der Waals surface area contributed by atoms with E-state index in [1.165, 1.54) is 24.3 Å². The summed E-state index contributed by atoms with van der Waals surface area (Å²) >= 11 is 0. The van der Waals surface area contributed by atoms with E-state index in [0.29, 0.717) is 12.0 Å². The van der Waals surface area contributed by atoms with Crippen molar-refractivity contribution in [2.45, 2.75) is 30.3 Å². The third-order valence-electron chi connectivity index (χ3n) is 4.64. The van der Waals surface area contributed by atoms with Crippen molar-refractivity contribution >= 4 is 9.84 Å². The van der Waals surface area contributed by atoms with Crippen LogP contribution >= 0.6 is 0 Å². The van der Waals surface area contributed by atoms with Gasteiger partial charge in [-0.15, -0.1) is 0 Å². The molecule has 26 heavy (non-hydrogen) atoms. The Morgan fingerprint density at radius 2 is 1.88 bits per heavy atom. The Balaban J connectivity index is 1.59. The first-order chi connectivity index (χ1) is 12.5. The van der Waals surface area contributed by atoms with E-state index in [-0.39, 0.29) is 23.3 Å². The minimum absolute atomic E-state index is 0.0485. The van der Waals surface area contributed by atoms with Crippen LogP contribution in [0.4, 0.5) is 4.39 Å². The fourth-order valence-electron chi connectivity index (χ4n) is 3.38. The molecule has 134 valence electrons. The summed E-state index contributed by atoms with van der Waals surface area (Å²) in [5.74, 6) is -0.372. The maximum atomic E-state index is 13.0. The Hall–Kier alpha value is -2.54. The molecule has 4 rings (SSSR count). The zero-order valence-electron chi connectivity index (χ0n) is 13.9. The van der Waals surface area contributed by atoms with Crippen LogP contribution in [0.2, 0.25) is 0 Å². The lowest BCUT2D eigenvalue weighted by atomic mass is 9.91. The highest BCUT2D eigenvalue weighted by atomic mass is 32.2. The van der Waals surface area contributed by atoms with Gasteiger partial charge in [0.1, 0.15) is 11.6 Å². The molecule has 1 atom stereocenters. The smallest absolute Gasteiger partial charge is 0.242 e. The molecule has 3 aromatic rings. The number of rotatable bonds is 4. The molecule has 1 aliphatic rings. The highest BCUT2D eigenvalue weighted by Crippen LogP contribution is 2.37. The average Bonchev–Trinajstić information content (AvgIpc) is 3.09. The van der Waals surface area contributed by atoms with Crippen molar-refractivity contribution in [3.05, 3.63) is 71.4 Å². The Labute approximate surface area is 150 Å². The van der Waals surface area contributed by atoms with Crippen LogP contribution in [0.5, 0.6) is 0 Å². The Morgan fingerprint density at radius 3 is 2.69 bits per heavy atom. The van der Waals surface area contributed by atoms with Gasteiger partial charge in [0.05, 0.1) is 5.25 Å². The number of nitrogens with zero attached hydrogens (tertiary/aromatic N) is 2. The van der Waals surface area contributed by atoms with Gasteiger partial charge >= 0.3 is 0 Å². The molecular weight excluding hydrogens is 355 g/mol. The van der Waals surface area contributed by atoms with E-state index >= 15 is 0 Å². The first-order valence-corrected chi connectivity index (χ1v) is 10.1. The van der Waals surface area contributed by atoms with Crippen LogP contribution in [0.3, 0.4) is 0 Å². The molecule has 1 heterocycles. The second-order valence-electron chi connectivity index (χ2n) is 6.41. The van der Waals surface area contributed by atoms with Gasteiger partial charge in [0.15, 0.2) is 9.84 Å². The minimum Gasteiger partial charge on any atom is -0.338 e. The van der Waals surface area contributed by atoms with Gasteiger partial charge in [0.2, 0.25) is 11.7 Å². The summed E-state index contributed by atoms with van der Waals surface area (Å²) in [5, 5.41) is 3.27. The van der Waals surface area contributed by atoms with Crippen LogP contribution in [-0.4, -0.2) is 18.6 Å². The molecule has 1 aliphatic carbocycles. The monoisotopic (exact) mass is 372 g/mol. The van der Waals surface area contributed by atoms with E-state index in [0.717, 1.165) is 24.0 Å². The van der Waals surface area contributed by atoms with Crippen molar-refractivity contribution in [1.82, 2.24) is 10.1 Å². The molecule has 2 aromatic carbocycles. The molecular formula is C19H17FN2O3S.